The predicted octanol–water partition coefficient (Wildman–Crippen LogP) is 2.40. The van der Waals surface area contributed by atoms with Gasteiger partial charge in [-0.25, -0.2) is 0 Å². The van der Waals surface area contributed by atoms with Crippen molar-refractivity contribution in [1.29, 1.82) is 5.26 Å². The van der Waals surface area contributed by atoms with E-state index in [-0.39, 0.29) is 24.3 Å². The molecule has 0 aliphatic heterocycles. The minimum absolute atomic E-state index is 0.0351. The number of ether oxygens (including phenoxy) is 1. The van der Waals surface area contributed by atoms with E-state index < -0.39 is 11.6 Å². The van der Waals surface area contributed by atoms with E-state index in [2.05, 4.69) is 16.7 Å². The molecule has 27 heavy (non-hydrogen) atoms. The highest BCUT2D eigenvalue weighted by Crippen LogP contribution is 2.17. The van der Waals surface area contributed by atoms with Crippen LogP contribution in [0, 0.1) is 17.2 Å². The minimum atomic E-state index is -0.948. The number of methoxy groups -OCH3 is 1. The highest BCUT2D eigenvalue weighted by Gasteiger charge is 2.33. The SMILES string of the molecule is CCN(CC(=O)Nc1ccc(OC)cc1)[C@H](C)C(=O)N[C@@](C)(C#N)C(C)C. The Morgan fingerprint density at radius 1 is 1.26 bits per heavy atom. The summed E-state index contributed by atoms with van der Waals surface area (Å²) in [5.41, 5.74) is -0.290. The average molecular weight is 374 g/mol. The van der Waals surface area contributed by atoms with Crippen molar-refractivity contribution in [2.75, 3.05) is 25.5 Å². The van der Waals surface area contributed by atoms with E-state index in [1.807, 2.05) is 20.8 Å². The topological polar surface area (TPSA) is 94.5 Å². The molecule has 0 aromatic heterocycles. The fourth-order valence-electron chi connectivity index (χ4n) is 2.41. The van der Waals surface area contributed by atoms with Crippen molar-refractivity contribution in [2.24, 2.45) is 5.92 Å². The van der Waals surface area contributed by atoms with E-state index in [0.29, 0.717) is 18.0 Å². The Morgan fingerprint density at radius 3 is 2.30 bits per heavy atom. The van der Waals surface area contributed by atoms with Gasteiger partial charge < -0.3 is 15.4 Å². The molecule has 148 valence electrons. The number of hydrogen-bond donors (Lipinski definition) is 2. The van der Waals surface area contributed by atoms with Gasteiger partial charge in [0.2, 0.25) is 11.8 Å². The van der Waals surface area contributed by atoms with Crippen LogP contribution >= 0.6 is 0 Å². The molecule has 0 fully saturated rings. The van der Waals surface area contributed by atoms with Crippen LogP contribution in [0.1, 0.15) is 34.6 Å². The van der Waals surface area contributed by atoms with Gasteiger partial charge in [-0.1, -0.05) is 20.8 Å². The summed E-state index contributed by atoms with van der Waals surface area (Å²) in [5.74, 6) is 0.187. The molecular weight excluding hydrogens is 344 g/mol. The Balaban J connectivity index is 2.71. The average Bonchev–Trinajstić information content (AvgIpc) is 2.65. The van der Waals surface area contributed by atoms with E-state index in [9.17, 15) is 14.9 Å². The van der Waals surface area contributed by atoms with Crippen molar-refractivity contribution in [3.63, 3.8) is 0 Å². The Hall–Kier alpha value is -2.59. The number of anilines is 1. The first-order valence-corrected chi connectivity index (χ1v) is 9.08. The van der Waals surface area contributed by atoms with Gasteiger partial charge in [0, 0.05) is 5.69 Å². The lowest BCUT2D eigenvalue weighted by Gasteiger charge is -2.32. The summed E-state index contributed by atoms with van der Waals surface area (Å²) in [6.45, 7) is 9.68. The summed E-state index contributed by atoms with van der Waals surface area (Å²) < 4.78 is 5.09. The van der Waals surface area contributed by atoms with Gasteiger partial charge in [-0.05, 0) is 50.6 Å². The highest BCUT2D eigenvalue weighted by molar-refractivity contribution is 5.93. The number of carbonyl (C=O) groups is 2. The lowest BCUT2D eigenvalue weighted by molar-refractivity contribution is -0.128. The summed E-state index contributed by atoms with van der Waals surface area (Å²) in [6.07, 6.45) is 0. The summed E-state index contributed by atoms with van der Waals surface area (Å²) >= 11 is 0. The van der Waals surface area contributed by atoms with Crippen molar-refractivity contribution in [3.8, 4) is 11.8 Å². The molecular formula is C20H30N4O3. The summed E-state index contributed by atoms with van der Waals surface area (Å²) in [4.78, 5) is 26.7. The number of nitrogens with one attached hydrogen (secondary N) is 2. The van der Waals surface area contributed by atoms with Gasteiger partial charge in [0.05, 0.1) is 25.8 Å². The van der Waals surface area contributed by atoms with Crippen LogP contribution in [-0.4, -0.2) is 48.5 Å². The Bertz CT molecular complexity index is 681. The summed E-state index contributed by atoms with van der Waals surface area (Å²) in [7, 11) is 1.58. The number of nitrogens with zero attached hydrogens (tertiary/aromatic N) is 2. The monoisotopic (exact) mass is 374 g/mol. The molecule has 1 aromatic rings. The molecule has 2 atom stereocenters. The number of benzene rings is 1. The third kappa shape index (κ3) is 6.26. The second-order valence-corrected chi connectivity index (χ2v) is 6.97. The van der Waals surface area contributed by atoms with Gasteiger partial charge in [-0.3, -0.25) is 14.5 Å². The highest BCUT2D eigenvalue weighted by atomic mass is 16.5. The van der Waals surface area contributed by atoms with Crippen LogP contribution in [-0.2, 0) is 9.59 Å². The summed E-state index contributed by atoms with van der Waals surface area (Å²) in [6, 6.07) is 8.66. The lowest BCUT2D eigenvalue weighted by atomic mass is 9.89. The number of hydrogen-bond acceptors (Lipinski definition) is 5. The predicted molar refractivity (Wildman–Crippen MR) is 105 cm³/mol. The molecule has 0 aliphatic rings. The molecule has 1 rings (SSSR count). The van der Waals surface area contributed by atoms with Crippen LogP contribution in [0.4, 0.5) is 5.69 Å². The molecule has 7 heteroatoms. The Labute approximate surface area is 161 Å². The smallest absolute Gasteiger partial charge is 0.238 e. The van der Waals surface area contributed by atoms with Crippen LogP contribution < -0.4 is 15.4 Å². The maximum Gasteiger partial charge on any atom is 0.238 e. The van der Waals surface area contributed by atoms with E-state index in [1.54, 1.807) is 50.1 Å². The largest absolute Gasteiger partial charge is 0.497 e. The fourth-order valence-corrected chi connectivity index (χ4v) is 2.41. The second kappa shape index (κ2) is 9.93. The molecule has 0 unspecified atom stereocenters. The minimum Gasteiger partial charge on any atom is -0.497 e. The van der Waals surface area contributed by atoms with Gasteiger partial charge in [0.15, 0.2) is 0 Å². The fraction of sp³-hybridized carbons (Fsp3) is 0.550. The van der Waals surface area contributed by atoms with E-state index in [4.69, 9.17) is 4.74 Å². The quantitative estimate of drug-likeness (QED) is 0.692. The summed E-state index contributed by atoms with van der Waals surface area (Å²) in [5, 5.41) is 15.0. The molecule has 0 saturated heterocycles. The van der Waals surface area contributed by atoms with Gasteiger partial charge in [0.25, 0.3) is 0 Å². The van der Waals surface area contributed by atoms with Gasteiger partial charge in [-0.15, -0.1) is 0 Å². The first-order chi connectivity index (χ1) is 12.7. The van der Waals surface area contributed by atoms with Crippen molar-refractivity contribution >= 4 is 17.5 Å². The molecule has 0 bridgehead atoms. The first kappa shape index (κ1) is 22.5. The molecule has 1 aromatic carbocycles. The van der Waals surface area contributed by atoms with Crippen LogP contribution in [0.5, 0.6) is 5.75 Å². The number of carbonyl (C=O) groups excluding carboxylic acids is 2. The van der Waals surface area contributed by atoms with E-state index in [0.717, 1.165) is 0 Å². The number of rotatable bonds is 9. The molecule has 2 amide bonds. The van der Waals surface area contributed by atoms with Gasteiger partial charge >= 0.3 is 0 Å². The van der Waals surface area contributed by atoms with Crippen LogP contribution in [0.25, 0.3) is 0 Å². The number of amides is 2. The molecule has 7 nitrogen and oxygen atoms in total. The number of likely N-dealkylation sites (N-methyl/N-ethyl adjacent to an activating group) is 1. The molecule has 0 radical (unpaired) electrons. The second-order valence-electron chi connectivity index (χ2n) is 6.97. The molecule has 0 saturated carbocycles. The maximum absolute atomic E-state index is 12.6. The maximum atomic E-state index is 12.6. The normalized spacial score (nSPS) is 14.2. The van der Waals surface area contributed by atoms with E-state index >= 15 is 0 Å². The van der Waals surface area contributed by atoms with Crippen molar-refractivity contribution in [1.82, 2.24) is 10.2 Å². The lowest BCUT2D eigenvalue weighted by Crippen LogP contribution is -2.55. The first-order valence-electron chi connectivity index (χ1n) is 9.08. The van der Waals surface area contributed by atoms with Gasteiger partial charge in [-0.2, -0.15) is 5.26 Å². The number of nitriles is 1. The van der Waals surface area contributed by atoms with Crippen molar-refractivity contribution in [3.05, 3.63) is 24.3 Å². The zero-order valence-corrected chi connectivity index (χ0v) is 17.0. The molecule has 0 spiro atoms. The van der Waals surface area contributed by atoms with Crippen LogP contribution in [0.2, 0.25) is 0 Å². The Kier molecular flexibility index (Phi) is 8.26. The van der Waals surface area contributed by atoms with Crippen LogP contribution in [0.15, 0.2) is 24.3 Å². The zero-order chi connectivity index (χ0) is 20.6. The standard InChI is InChI=1S/C20H30N4O3/c1-7-24(15(4)19(26)23-20(5,13-21)14(2)3)12-18(25)22-16-8-10-17(27-6)11-9-16/h8-11,14-15H,7,12H2,1-6H3,(H,22,25)(H,23,26)/t15-,20+/m1/s1. The third-order valence-electron chi connectivity index (χ3n) is 4.82. The molecule has 0 aliphatic carbocycles. The molecule has 0 heterocycles. The van der Waals surface area contributed by atoms with Crippen molar-refractivity contribution < 1.29 is 14.3 Å². The van der Waals surface area contributed by atoms with Gasteiger partial charge in [0.1, 0.15) is 11.3 Å². The van der Waals surface area contributed by atoms with Crippen molar-refractivity contribution in [2.45, 2.75) is 46.2 Å². The zero-order valence-electron chi connectivity index (χ0n) is 17.0. The van der Waals surface area contributed by atoms with Crippen LogP contribution in [0.3, 0.4) is 0 Å². The Morgan fingerprint density at radius 2 is 1.85 bits per heavy atom. The third-order valence-corrected chi connectivity index (χ3v) is 4.82. The molecule has 2 N–H and O–H groups in total. The van der Waals surface area contributed by atoms with E-state index in [1.165, 1.54) is 0 Å².